The molecular formula is C30H23BrN2O. The van der Waals surface area contributed by atoms with E-state index in [9.17, 15) is 4.79 Å². The molecule has 0 unspecified atom stereocenters. The third-order valence-electron chi connectivity index (χ3n) is 6.85. The van der Waals surface area contributed by atoms with Crippen LogP contribution in [0.4, 0.5) is 0 Å². The molecule has 166 valence electrons. The second kappa shape index (κ2) is 8.30. The van der Waals surface area contributed by atoms with E-state index < -0.39 is 0 Å². The van der Waals surface area contributed by atoms with Crippen molar-refractivity contribution in [1.82, 2.24) is 9.88 Å². The van der Waals surface area contributed by atoms with E-state index in [0.717, 1.165) is 48.9 Å². The predicted molar refractivity (Wildman–Crippen MR) is 141 cm³/mol. The minimum atomic E-state index is -0.200. The first-order chi connectivity index (χ1) is 16.6. The number of rotatable bonds is 4. The third-order valence-corrected chi connectivity index (χ3v) is 7.38. The van der Waals surface area contributed by atoms with Crippen LogP contribution in [0.2, 0.25) is 0 Å². The average molecular weight is 507 g/mol. The predicted octanol–water partition coefficient (Wildman–Crippen LogP) is 7.90. The number of hydrogen-bond donors (Lipinski definition) is 1. The summed E-state index contributed by atoms with van der Waals surface area (Å²) in [7, 11) is 0. The Morgan fingerprint density at radius 3 is 2.29 bits per heavy atom. The van der Waals surface area contributed by atoms with E-state index >= 15 is 0 Å². The highest BCUT2D eigenvalue weighted by atomic mass is 79.9. The molecule has 1 N–H and O–H groups in total. The van der Waals surface area contributed by atoms with Crippen molar-refractivity contribution in [3.05, 3.63) is 130 Å². The Balaban J connectivity index is 1.62. The largest absolute Gasteiger partial charge is 0.354 e. The van der Waals surface area contributed by atoms with Crippen molar-refractivity contribution < 1.29 is 4.79 Å². The van der Waals surface area contributed by atoms with Gasteiger partial charge in [-0.05, 0) is 47.9 Å². The van der Waals surface area contributed by atoms with Gasteiger partial charge < -0.3 is 9.88 Å². The van der Waals surface area contributed by atoms with E-state index in [2.05, 4.69) is 93.4 Å². The van der Waals surface area contributed by atoms with Gasteiger partial charge in [-0.2, -0.15) is 0 Å². The van der Waals surface area contributed by atoms with Gasteiger partial charge in [0.25, 0.3) is 5.91 Å². The van der Waals surface area contributed by atoms with Crippen molar-refractivity contribution in [2.75, 3.05) is 0 Å². The minimum Gasteiger partial charge on any atom is -0.354 e. The molecule has 0 fully saturated rings. The highest BCUT2D eigenvalue weighted by molar-refractivity contribution is 9.10. The van der Waals surface area contributed by atoms with Crippen LogP contribution in [-0.4, -0.2) is 15.8 Å². The van der Waals surface area contributed by atoms with Crippen molar-refractivity contribution in [3.8, 4) is 11.3 Å². The van der Waals surface area contributed by atoms with Crippen molar-refractivity contribution in [2.45, 2.75) is 19.0 Å². The van der Waals surface area contributed by atoms with E-state index in [0.29, 0.717) is 0 Å². The number of aromatic nitrogens is 1. The lowest BCUT2D eigenvalue weighted by Gasteiger charge is -2.32. The fraction of sp³-hybridized carbons (Fsp3) is 0.100. The lowest BCUT2D eigenvalue weighted by molar-refractivity contribution is 0.0678. The number of halogens is 1. The zero-order valence-corrected chi connectivity index (χ0v) is 20.3. The van der Waals surface area contributed by atoms with Crippen LogP contribution in [0.3, 0.4) is 0 Å². The summed E-state index contributed by atoms with van der Waals surface area (Å²) in [6.07, 6.45) is 0. The summed E-state index contributed by atoms with van der Waals surface area (Å²) in [6, 6.07) is 34.8. The Hall–Kier alpha value is -3.63. The molecule has 4 aromatic carbocycles. The summed E-state index contributed by atoms with van der Waals surface area (Å²) >= 11 is 3.56. The smallest absolute Gasteiger partial charge is 0.255 e. The summed E-state index contributed by atoms with van der Waals surface area (Å²) in [5.41, 5.74) is 7.31. The molecule has 0 saturated carbocycles. The molecule has 0 spiro atoms. The molecule has 0 aliphatic carbocycles. The number of H-pyrrole nitrogens is 1. The molecule has 1 aliphatic rings. The molecule has 34 heavy (non-hydrogen) atoms. The normalized spacial score (nSPS) is 16.1. The molecule has 3 nitrogen and oxygen atoms in total. The second-order valence-corrected chi connectivity index (χ2v) is 9.67. The van der Waals surface area contributed by atoms with Crippen LogP contribution in [-0.2, 0) is 0 Å². The van der Waals surface area contributed by atoms with E-state index in [1.807, 2.05) is 42.5 Å². The number of aromatic amines is 1. The molecule has 1 amide bonds. The molecule has 2 heterocycles. The maximum Gasteiger partial charge on any atom is 0.255 e. The molecule has 0 radical (unpaired) electrons. The summed E-state index contributed by atoms with van der Waals surface area (Å²) < 4.78 is 1.04. The van der Waals surface area contributed by atoms with E-state index in [4.69, 9.17) is 0 Å². The summed E-state index contributed by atoms with van der Waals surface area (Å²) in [5.74, 6) is 0.0731. The number of carbonyl (C=O) groups is 1. The van der Waals surface area contributed by atoms with Gasteiger partial charge in [0.2, 0.25) is 0 Å². The average Bonchev–Trinajstić information content (AvgIpc) is 3.40. The molecule has 1 aliphatic heterocycles. The zero-order chi connectivity index (χ0) is 23.2. The number of hydrogen-bond acceptors (Lipinski definition) is 1. The third kappa shape index (κ3) is 3.29. The molecule has 1 aromatic heterocycles. The van der Waals surface area contributed by atoms with E-state index in [1.54, 1.807) is 0 Å². The Morgan fingerprint density at radius 1 is 0.824 bits per heavy atom. The van der Waals surface area contributed by atoms with Crippen LogP contribution in [0.25, 0.3) is 22.2 Å². The Labute approximate surface area is 207 Å². The van der Waals surface area contributed by atoms with E-state index in [-0.39, 0.29) is 18.0 Å². The summed E-state index contributed by atoms with van der Waals surface area (Å²) in [4.78, 5) is 19.6. The maximum atomic E-state index is 13.9. The fourth-order valence-corrected chi connectivity index (χ4v) is 5.48. The summed E-state index contributed by atoms with van der Waals surface area (Å²) in [5, 5.41) is 1.14. The summed E-state index contributed by atoms with van der Waals surface area (Å²) in [6.45, 7) is 2.13. The first-order valence-corrected chi connectivity index (χ1v) is 12.3. The number of benzene rings is 4. The number of amides is 1. The molecule has 0 bridgehead atoms. The van der Waals surface area contributed by atoms with Crippen molar-refractivity contribution in [1.29, 1.82) is 0 Å². The van der Waals surface area contributed by atoms with Gasteiger partial charge in [0.15, 0.2) is 0 Å². The van der Waals surface area contributed by atoms with Gasteiger partial charge in [-0.15, -0.1) is 0 Å². The van der Waals surface area contributed by atoms with Crippen molar-refractivity contribution >= 4 is 32.7 Å². The lowest BCUT2D eigenvalue weighted by Crippen LogP contribution is -2.31. The first-order valence-electron chi connectivity index (χ1n) is 11.5. The van der Waals surface area contributed by atoms with Crippen LogP contribution in [0.5, 0.6) is 0 Å². The van der Waals surface area contributed by atoms with Crippen LogP contribution in [0, 0.1) is 0 Å². The number of fused-ring (bicyclic) bond motifs is 2. The molecule has 4 heteroatoms. The minimum absolute atomic E-state index is 0.0731. The monoisotopic (exact) mass is 506 g/mol. The Morgan fingerprint density at radius 2 is 1.50 bits per heavy atom. The van der Waals surface area contributed by atoms with Gasteiger partial charge in [-0.1, -0.05) is 94.8 Å². The van der Waals surface area contributed by atoms with Gasteiger partial charge in [0.05, 0.1) is 17.8 Å². The number of nitrogens with zero attached hydrogens (tertiary/aromatic N) is 1. The van der Waals surface area contributed by atoms with Crippen molar-refractivity contribution in [3.63, 3.8) is 0 Å². The lowest BCUT2D eigenvalue weighted by atomic mass is 9.92. The van der Waals surface area contributed by atoms with Crippen molar-refractivity contribution in [2.24, 2.45) is 0 Å². The standard InChI is InChI=1S/C30H23BrN2O/c1-19(20-9-3-2-4-10-20)33-29(23-11-5-6-12-24(23)30(33)34)27-25-13-7-8-14-26(25)32-28(27)21-15-17-22(31)18-16-21/h2-19,29,32H,1H3/t19-,29+/m0/s1. The Bertz CT molecular complexity index is 1500. The first kappa shape index (κ1) is 20.9. The Kier molecular flexibility index (Phi) is 5.11. The fourth-order valence-electron chi connectivity index (χ4n) is 5.21. The quantitative estimate of drug-likeness (QED) is 0.264. The van der Waals surface area contributed by atoms with E-state index in [1.165, 1.54) is 0 Å². The van der Waals surface area contributed by atoms with Gasteiger partial charge in [0, 0.05) is 26.5 Å². The zero-order valence-electron chi connectivity index (χ0n) is 18.7. The highest BCUT2D eigenvalue weighted by Gasteiger charge is 2.42. The molecule has 5 aromatic rings. The molecular weight excluding hydrogens is 484 g/mol. The topological polar surface area (TPSA) is 36.1 Å². The highest BCUT2D eigenvalue weighted by Crippen LogP contribution is 2.48. The number of para-hydroxylation sites is 1. The van der Waals surface area contributed by atoms with Gasteiger partial charge in [-0.25, -0.2) is 0 Å². The van der Waals surface area contributed by atoms with Crippen LogP contribution < -0.4 is 0 Å². The molecule has 0 saturated heterocycles. The van der Waals surface area contributed by atoms with Crippen LogP contribution in [0.1, 0.15) is 46.1 Å². The van der Waals surface area contributed by atoms with Crippen LogP contribution in [0.15, 0.2) is 108 Å². The number of nitrogens with one attached hydrogen (secondary N) is 1. The number of carbonyl (C=O) groups excluding carboxylic acids is 1. The molecule has 6 rings (SSSR count). The van der Waals surface area contributed by atoms with Gasteiger partial charge in [0.1, 0.15) is 0 Å². The van der Waals surface area contributed by atoms with Crippen LogP contribution >= 0.6 is 15.9 Å². The molecule has 2 atom stereocenters. The second-order valence-electron chi connectivity index (χ2n) is 8.76. The maximum absolute atomic E-state index is 13.9. The SMILES string of the molecule is C[C@@H](c1ccccc1)N1C(=O)c2ccccc2[C@@H]1c1c(-c2ccc(Br)cc2)[nH]c2ccccc12. The van der Waals surface area contributed by atoms with Gasteiger partial charge in [-0.3, -0.25) is 4.79 Å². The van der Waals surface area contributed by atoms with Gasteiger partial charge >= 0.3 is 0 Å².